The molecule has 1 N–H and O–H groups in total. The molecule has 4 rings (SSSR count). The zero-order chi connectivity index (χ0) is 15.1. The first kappa shape index (κ1) is 13.6. The van der Waals surface area contributed by atoms with Crippen LogP contribution in [0.3, 0.4) is 0 Å². The van der Waals surface area contributed by atoms with Gasteiger partial charge in [-0.1, -0.05) is 30.3 Å². The van der Waals surface area contributed by atoms with E-state index in [9.17, 15) is 4.79 Å². The molecule has 2 aliphatic rings. The van der Waals surface area contributed by atoms with E-state index in [0.29, 0.717) is 17.8 Å². The number of benzene rings is 1. The van der Waals surface area contributed by atoms with Crippen LogP contribution in [0.5, 0.6) is 0 Å². The smallest absolute Gasteiger partial charge is 0.254 e. The van der Waals surface area contributed by atoms with Crippen LogP contribution in [0.15, 0.2) is 36.5 Å². The van der Waals surface area contributed by atoms with E-state index in [1.54, 1.807) is 6.20 Å². The number of amides is 1. The van der Waals surface area contributed by atoms with E-state index < -0.39 is 0 Å². The molecular weight excluding hydrogens is 274 g/mol. The number of nitrogens with one attached hydrogen (secondary N) is 1. The molecule has 0 saturated heterocycles. The highest BCUT2D eigenvalue weighted by molar-refractivity contribution is 5.95. The number of nitrogens with zero attached hydrogens (tertiary/aromatic N) is 2. The molecule has 1 amide bonds. The highest BCUT2D eigenvalue weighted by atomic mass is 16.1. The van der Waals surface area contributed by atoms with Gasteiger partial charge in [-0.15, -0.1) is 0 Å². The Labute approximate surface area is 130 Å². The third kappa shape index (κ3) is 2.54. The van der Waals surface area contributed by atoms with Crippen LogP contribution in [-0.2, 0) is 7.05 Å². The summed E-state index contributed by atoms with van der Waals surface area (Å²) < 4.78 is 1.86. The summed E-state index contributed by atoms with van der Waals surface area (Å²) in [5, 5.41) is 7.36. The lowest BCUT2D eigenvalue weighted by atomic mass is 10.1. The third-order valence-corrected chi connectivity index (χ3v) is 4.87. The topological polar surface area (TPSA) is 46.9 Å². The van der Waals surface area contributed by atoms with E-state index in [4.69, 9.17) is 0 Å². The molecule has 0 unspecified atom stereocenters. The van der Waals surface area contributed by atoms with Crippen molar-refractivity contribution in [3.63, 3.8) is 0 Å². The van der Waals surface area contributed by atoms with Crippen molar-refractivity contribution in [2.45, 2.75) is 31.1 Å². The molecule has 2 aromatic rings. The lowest BCUT2D eigenvalue weighted by Gasteiger charge is -2.06. The Morgan fingerprint density at radius 1 is 1.32 bits per heavy atom. The van der Waals surface area contributed by atoms with Crippen molar-refractivity contribution in [2.75, 3.05) is 6.54 Å². The van der Waals surface area contributed by atoms with Gasteiger partial charge >= 0.3 is 0 Å². The molecule has 0 spiro atoms. The van der Waals surface area contributed by atoms with Crippen LogP contribution < -0.4 is 5.32 Å². The van der Waals surface area contributed by atoms with Gasteiger partial charge in [0, 0.05) is 19.5 Å². The van der Waals surface area contributed by atoms with Gasteiger partial charge in [-0.05, 0) is 36.7 Å². The van der Waals surface area contributed by atoms with Crippen LogP contribution in [0.25, 0.3) is 0 Å². The van der Waals surface area contributed by atoms with Crippen LogP contribution in [0.4, 0.5) is 0 Å². The van der Waals surface area contributed by atoms with Gasteiger partial charge in [-0.2, -0.15) is 5.10 Å². The van der Waals surface area contributed by atoms with Gasteiger partial charge in [0.05, 0.1) is 17.5 Å². The van der Waals surface area contributed by atoms with Crippen LogP contribution in [-0.4, -0.2) is 22.2 Å². The molecule has 2 atom stereocenters. The second-order valence-electron chi connectivity index (χ2n) is 6.56. The molecule has 1 aromatic carbocycles. The molecule has 0 radical (unpaired) electrons. The Hall–Kier alpha value is -2.10. The number of hydrogen-bond donors (Lipinski definition) is 1. The molecule has 0 bridgehead atoms. The fourth-order valence-electron chi connectivity index (χ4n) is 3.36. The molecule has 2 aliphatic carbocycles. The summed E-state index contributed by atoms with van der Waals surface area (Å²) in [6.07, 6.45) is 5.24. The van der Waals surface area contributed by atoms with Crippen LogP contribution in [0, 0.1) is 5.92 Å². The number of aryl methyl sites for hydroxylation is 1. The summed E-state index contributed by atoms with van der Waals surface area (Å²) >= 11 is 0. The number of aromatic nitrogens is 2. The summed E-state index contributed by atoms with van der Waals surface area (Å²) in [5.74, 6) is 1.76. The van der Waals surface area contributed by atoms with Gasteiger partial charge in [-0.3, -0.25) is 9.48 Å². The number of rotatable bonds is 5. The maximum Gasteiger partial charge on any atom is 0.254 e. The van der Waals surface area contributed by atoms with E-state index in [1.165, 1.54) is 24.8 Å². The summed E-state index contributed by atoms with van der Waals surface area (Å²) in [5.41, 5.74) is 3.26. The lowest BCUT2D eigenvalue weighted by molar-refractivity contribution is 0.0950. The Balaban J connectivity index is 1.36. The molecule has 4 heteroatoms. The first-order valence-corrected chi connectivity index (χ1v) is 8.09. The van der Waals surface area contributed by atoms with Crippen LogP contribution >= 0.6 is 0 Å². The van der Waals surface area contributed by atoms with Gasteiger partial charge in [0.25, 0.3) is 5.91 Å². The molecular formula is C18H21N3O. The SMILES string of the molecule is Cn1ncc(C(=O)NC[C@@H]2C[C@H]2c2ccccc2)c1C1CC1. The van der Waals surface area contributed by atoms with E-state index >= 15 is 0 Å². The van der Waals surface area contributed by atoms with E-state index in [1.807, 2.05) is 17.8 Å². The monoisotopic (exact) mass is 295 g/mol. The minimum atomic E-state index is 0.0358. The second-order valence-corrected chi connectivity index (χ2v) is 6.56. The maximum absolute atomic E-state index is 12.4. The van der Waals surface area contributed by atoms with Crippen molar-refractivity contribution in [3.05, 3.63) is 53.3 Å². The summed E-state index contributed by atoms with van der Waals surface area (Å²) in [6.45, 7) is 0.761. The number of hydrogen-bond acceptors (Lipinski definition) is 2. The predicted octanol–water partition coefficient (Wildman–Crippen LogP) is 2.83. The Kier molecular flexibility index (Phi) is 3.25. The van der Waals surface area contributed by atoms with Crippen molar-refractivity contribution >= 4 is 5.91 Å². The van der Waals surface area contributed by atoms with Gasteiger partial charge < -0.3 is 5.32 Å². The molecule has 22 heavy (non-hydrogen) atoms. The minimum absolute atomic E-state index is 0.0358. The molecule has 2 saturated carbocycles. The predicted molar refractivity (Wildman–Crippen MR) is 84.8 cm³/mol. The molecule has 2 fully saturated rings. The van der Waals surface area contributed by atoms with Crippen molar-refractivity contribution in [1.29, 1.82) is 0 Å². The van der Waals surface area contributed by atoms with E-state index in [0.717, 1.165) is 17.8 Å². The second kappa shape index (κ2) is 5.27. The van der Waals surface area contributed by atoms with Crippen molar-refractivity contribution in [1.82, 2.24) is 15.1 Å². The highest BCUT2D eigenvalue weighted by Crippen LogP contribution is 2.47. The minimum Gasteiger partial charge on any atom is -0.352 e. The van der Waals surface area contributed by atoms with Gasteiger partial charge in [0.1, 0.15) is 0 Å². The lowest BCUT2D eigenvalue weighted by Crippen LogP contribution is -2.26. The average molecular weight is 295 g/mol. The maximum atomic E-state index is 12.4. The van der Waals surface area contributed by atoms with Crippen molar-refractivity contribution in [3.8, 4) is 0 Å². The molecule has 1 aromatic heterocycles. The van der Waals surface area contributed by atoms with Crippen LogP contribution in [0.2, 0.25) is 0 Å². The Morgan fingerprint density at radius 3 is 2.82 bits per heavy atom. The van der Waals surface area contributed by atoms with Crippen LogP contribution in [0.1, 0.15) is 52.7 Å². The zero-order valence-corrected chi connectivity index (χ0v) is 12.8. The van der Waals surface area contributed by atoms with Gasteiger partial charge in [-0.25, -0.2) is 0 Å². The fraction of sp³-hybridized carbons (Fsp3) is 0.444. The molecule has 1 heterocycles. The molecule has 114 valence electrons. The average Bonchev–Trinajstić information content (AvgIpc) is 3.45. The number of carbonyl (C=O) groups excluding carboxylic acids is 1. The third-order valence-electron chi connectivity index (χ3n) is 4.87. The molecule has 4 nitrogen and oxygen atoms in total. The van der Waals surface area contributed by atoms with E-state index in [-0.39, 0.29) is 5.91 Å². The first-order valence-electron chi connectivity index (χ1n) is 8.09. The summed E-state index contributed by atoms with van der Waals surface area (Å²) in [7, 11) is 1.93. The van der Waals surface area contributed by atoms with Crippen molar-refractivity contribution < 1.29 is 4.79 Å². The Bertz CT molecular complexity index is 688. The zero-order valence-electron chi connectivity index (χ0n) is 12.8. The standard InChI is InChI=1S/C18H21N3O/c1-21-17(13-7-8-13)16(11-20-21)18(22)19-10-14-9-15(14)12-5-3-2-4-6-12/h2-6,11,13-15H,7-10H2,1H3,(H,19,22)/t14-,15-/m0/s1. The van der Waals surface area contributed by atoms with Crippen molar-refractivity contribution in [2.24, 2.45) is 13.0 Å². The largest absolute Gasteiger partial charge is 0.352 e. The quantitative estimate of drug-likeness (QED) is 0.922. The Morgan fingerprint density at radius 2 is 2.09 bits per heavy atom. The molecule has 0 aliphatic heterocycles. The van der Waals surface area contributed by atoms with Gasteiger partial charge in [0.15, 0.2) is 0 Å². The summed E-state index contributed by atoms with van der Waals surface area (Å²) in [4.78, 5) is 12.4. The summed E-state index contributed by atoms with van der Waals surface area (Å²) in [6, 6.07) is 10.6. The van der Waals surface area contributed by atoms with E-state index in [2.05, 4.69) is 34.7 Å². The highest BCUT2D eigenvalue weighted by Gasteiger charge is 2.38. The normalized spacial score (nSPS) is 23.3. The number of carbonyl (C=O) groups is 1. The van der Waals surface area contributed by atoms with Gasteiger partial charge in [0.2, 0.25) is 0 Å². The fourth-order valence-corrected chi connectivity index (χ4v) is 3.36. The first-order chi connectivity index (χ1) is 10.7.